The van der Waals surface area contributed by atoms with Crippen LogP contribution in [-0.4, -0.2) is 27.4 Å². The Labute approximate surface area is 254 Å². The lowest BCUT2D eigenvalue weighted by molar-refractivity contribution is 0.842. The number of aromatic nitrogens is 3. The Bertz CT molecular complexity index is 1910. The van der Waals surface area contributed by atoms with Crippen LogP contribution in [0.4, 0.5) is 5.69 Å². The molecule has 5 heteroatoms. The number of pyridine rings is 1. The van der Waals surface area contributed by atoms with Gasteiger partial charge in [-0.05, 0) is 74.4 Å². The van der Waals surface area contributed by atoms with Gasteiger partial charge in [0.15, 0.2) is 0 Å². The summed E-state index contributed by atoms with van der Waals surface area (Å²) in [6, 6.07) is 16.6. The molecule has 0 saturated heterocycles. The van der Waals surface area contributed by atoms with E-state index in [9.17, 15) is 0 Å². The van der Waals surface area contributed by atoms with Crippen LogP contribution in [0.1, 0.15) is 43.5 Å². The van der Waals surface area contributed by atoms with Crippen molar-refractivity contribution < 1.29 is 0 Å². The summed E-state index contributed by atoms with van der Waals surface area (Å²) in [5.74, 6) is 0. The molecule has 1 aliphatic rings. The average molecular weight is 566 g/mol. The Kier molecular flexibility index (Phi) is 9.02. The molecule has 0 bridgehead atoms. The topological polar surface area (TPSA) is 38.4 Å². The standard InChI is InChI=1S/C38H39N5/c1-7-16-36-32(9-3)38-37(20-15-25-40-38)42(36)26-23-31(27-30(8-2)43-28(4)21-22-29(43)5)41(6)35-19-13-12-17-33(35)34-18-11-10-14-24-39-34/h7,9-10,12-25,27H,3-5,8,11,26H2,1-2,6H3/b16-7-,30-27+,31-23+. The van der Waals surface area contributed by atoms with Gasteiger partial charge in [-0.25, -0.2) is 0 Å². The number of hydrogen-bond acceptors (Lipinski definition) is 3. The summed E-state index contributed by atoms with van der Waals surface area (Å²) >= 11 is 0. The maximum atomic E-state index is 4.75. The molecule has 0 spiro atoms. The van der Waals surface area contributed by atoms with Crippen molar-refractivity contribution in [3.05, 3.63) is 131 Å². The van der Waals surface area contributed by atoms with Crippen LogP contribution < -0.4 is 15.6 Å². The smallest absolute Gasteiger partial charge is 0.0959 e. The Hall–Kier alpha value is -5.16. The number of fused-ring (bicyclic) bond motifs is 1. The maximum absolute atomic E-state index is 4.75. The van der Waals surface area contributed by atoms with Crippen LogP contribution in [0.5, 0.6) is 0 Å². The average Bonchev–Trinajstić information content (AvgIpc) is 3.36. The van der Waals surface area contributed by atoms with E-state index in [1.807, 2.05) is 49.7 Å². The molecule has 0 radical (unpaired) electrons. The third-order valence-corrected chi connectivity index (χ3v) is 7.73. The van der Waals surface area contributed by atoms with Gasteiger partial charge in [0.05, 0.1) is 28.1 Å². The summed E-state index contributed by atoms with van der Waals surface area (Å²) in [4.78, 5) is 11.7. The van der Waals surface area contributed by atoms with Crippen molar-refractivity contribution in [2.24, 2.45) is 4.99 Å². The first-order chi connectivity index (χ1) is 21.0. The van der Waals surface area contributed by atoms with Crippen molar-refractivity contribution in [3.8, 4) is 0 Å². The van der Waals surface area contributed by atoms with Gasteiger partial charge in [0, 0.05) is 59.2 Å². The van der Waals surface area contributed by atoms with Gasteiger partial charge in [-0.1, -0.05) is 69.2 Å². The lowest BCUT2D eigenvalue weighted by atomic mass is 10.1. The van der Waals surface area contributed by atoms with E-state index < -0.39 is 0 Å². The molecule has 216 valence electrons. The number of aliphatic imine (C=N–C) groups is 1. The second-order valence-corrected chi connectivity index (χ2v) is 10.4. The predicted octanol–water partition coefficient (Wildman–Crippen LogP) is 7.68. The maximum Gasteiger partial charge on any atom is 0.0959 e. The summed E-state index contributed by atoms with van der Waals surface area (Å²) < 4.78 is 4.44. The van der Waals surface area contributed by atoms with Gasteiger partial charge in [0.2, 0.25) is 0 Å². The van der Waals surface area contributed by atoms with Gasteiger partial charge >= 0.3 is 0 Å². The molecule has 0 amide bonds. The zero-order valence-corrected chi connectivity index (χ0v) is 25.4. The molecule has 0 aliphatic carbocycles. The fraction of sp³-hybridized carbons (Fsp3) is 0.158. The third-order valence-electron chi connectivity index (χ3n) is 7.73. The second-order valence-electron chi connectivity index (χ2n) is 10.4. The summed E-state index contributed by atoms with van der Waals surface area (Å²) in [5, 5.41) is 1.83. The van der Waals surface area contributed by atoms with Gasteiger partial charge in [-0.3, -0.25) is 9.98 Å². The fourth-order valence-electron chi connectivity index (χ4n) is 5.62. The number of nitrogens with zero attached hydrogens (tertiary/aromatic N) is 5. The summed E-state index contributed by atoms with van der Waals surface area (Å²) in [6.07, 6.45) is 22.3. The Morgan fingerprint density at radius 1 is 1.07 bits per heavy atom. The first-order valence-electron chi connectivity index (χ1n) is 14.7. The van der Waals surface area contributed by atoms with E-state index in [1.54, 1.807) is 0 Å². The molecule has 1 aliphatic heterocycles. The number of rotatable bonds is 10. The first kappa shape index (κ1) is 29.3. The molecule has 0 saturated carbocycles. The minimum atomic E-state index is 0.635. The van der Waals surface area contributed by atoms with Crippen molar-refractivity contribution in [1.29, 1.82) is 0 Å². The minimum absolute atomic E-state index is 0.635. The molecule has 0 unspecified atom stereocenters. The number of hydrogen-bond donors (Lipinski definition) is 0. The lowest BCUT2D eigenvalue weighted by Crippen LogP contribution is -2.25. The van der Waals surface area contributed by atoms with Crippen LogP contribution in [0.15, 0.2) is 108 Å². The lowest BCUT2D eigenvalue weighted by Gasteiger charge is -2.25. The largest absolute Gasteiger partial charge is 0.344 e. The number of benzene rings is 1. The van der Waals surface area contributed by atoms with E-state index in [-0.39, 0.29) is 0 Å². The number of allylic oxidation sites excluding steroid dienone is 7. The van der Waals surface area contributed by atoms with Crippen molar-refractivity contribution >= 4 is 59.6 Å². The highest BCUT2D eigenvalue weighted by Gasteiger charge is 2.17. The molecule has 0 fully saturated rings. The van der Waals surface area contributed by atoms with Gasteiger partial charge in [0.1, 0.15) is 0 Å². The highest BCUT2D eigenvalue weighted by Crippen LogP contribution is 2.32. The van der Waals surface area contributed by atoms with E-state index in [1.165, 1.54) is 0 Å². The summed E-state index contributed by atoms with van der Waals surface area (Å²) in [6.45, 7) is 17.5. The molecule has 0 atom stereocenters. The van der Waals surface area contributed by atoms with Crippen molar-refractivity contribution in [3.63, 3.8) is 0 Å². The molecule has 4 aromatic rings. The molecule has 43 heavy (non-hydrogen) atoms. The Balaban J connectivity index is 1.69. The summed E-state index contributed by atoms with van der Waals surface area (Å²) in [5.41, 5.74) is 9.42. The minimum Gasteiger partial charge on any atom is -0.344 e. The zero-order chi connectivity index (χ0) is 30.3. The number of likely N-dealkylation sites (N-methyl/N-ethyl adjacent to an activating group) is 1. The first-order valence-corrected chi connectivity index (χ1v) is 14.7. The molecule has 5 rings (SSSR count). The van der Waals surface area contributed by atoms with Gasteiger partial charge in [-0.15, -0.1) is 0 Å². The predicted molar refractivity (Wildman–Crippen MR) is 187 cm³/mol. The van der Waals surface area contributed by atoms with Crippen LogP contribution in [0.2, 0.25) is 0 Å². The van der Waals surface area contributed by atoms with Gasteiger partial charge in [-0.2, -0.15) is 0 Å². The zero-order valence-electron chi connectivity index (χ0n) is 25.4. The van der Waals surface area contributed by atoms with Crippen molar-refractivity contribution in [2.75, 3.05) is 11.9 Å². The normalized spacial score (nSPS) is 14.0. The van der Waals surface area contributed by atoms with E-state index in [0.717, 1.165) is 74.2 Å². The van der Waals surface area contributed by atoms with Crippen molar-refractivity contribution in [2.45, 2.75) is 33.2 Å². The number of para-hydroxylation sites is 1. The van der Waals surface area contributed by atoms with E-state index >= 15 is 0 Å². The van der Waals surface area contributed by atoms with E-state index in [0.29, 0.717) is 6.54 Å². The molecule has 3 aromatic heterocycles. The SMILES string of the molecule is C=Cc1c(/C=C\C)n(C/C=C(\C=C(/CC)n2c(=C)ccc2=C)N(C)c2ccccc2C2=CCC=CC=N2)c2cccnc12. The highest BCUT2D eigenvalue weighted by atomic mass is 15.1. The van der Waals surface area contributed by atoms with Gasteiger partial charge < -0.3 is 14.0 Å². The molecule has 1 aromatic carbocycles. The van der Waals surface area contributed by atoms with Crippen LogP contribution in [-0.2, 0) is 6.54 Å². The van der Waals surface area contributed by atoms with Crippen LogP contribution in [0, 0.1) is 0 Å². The molecule has 4 heterocycles. The molecular formula is C38H39N5. The van der Waals surface area contributed by atoms with E-state index in [2.05, 4.69) is 115 Å². The molecular weight excluding hydrogens is 526 g/mol. The molecule has 0 N–H and O–H groups in total. The third kappa shape index (κ3) is 5.93. The van der Waals surface area contributed by atoms with E-state index in [4.69, 9.17) is 9.98 Å². The monoisotopic (exact) mass is 565 g/mol. The fourth-order valence-corrected chi connectivity index (χ4v) is 5.62. The Morgan fingerprint density at radius 2 is 1.86 bits per heavy atom. The number of anilines is 1. The highest BCUT2D eigenvalue weighted by molar-refractivity contribution is 5.91. The quantitative estimate of drug-likeness (QED) is 0.185. The Morgan fingerprint density at radius 3 is 2.60 bits per heavy atom. The van der Waals surface area contributed by atoms with Crippen LogP contribution in [0.3, 0.4) is 0 Å². The van der Waals surface area contributed by atoms with Gasteiger partial charge in [0.25, 0.3) is 0 Å². The van der Waals surface area contributed by atoms with Crippen molar-refractivity contribution in [1.82, 2.24) is 14.1 Å². The second kappa shape index (κ2) is 13.2. The van der Waals surface area contributed by atoms with Crippen LogP contribution in [0.25, 0.3) is 47.7 Å². The summed E-state index contributed by atoms with van der Waals surface area (Å²) in [7, 11) is 2.12. The van der Waals surface area contributed by atoms with Crippen LogP contribution >= 0.6 is 0 Å². The molecule has 5 nitrogen and oxygen atoms in total.